The van der Waals surface area contributed by atoms with Crippen LogP contribution >= 0.6 is 0 Å². The summed E-state index contributed by atoms with van der Waals surface area (Å²) in [7, 11) is 0. The Kier molecular flexibility index (Phi) is 8.62. The topological polar surface area (TPSA) is 67.8 Å². The monoisotopic (exact) mass is 879 g/mol. The van der Waals surface area contributed by atoms with Gasteiger partial charge in [0.05, 0.1) is 22.7 Å². The Morgan fingerprint density at radius 3 is 1.28 bits per heavy atom. The Labute approximate surface area is 324 Å². The molecule has 260 valence electrons. The van der Waals surface area contributed by atoms with Gasteiger partial charge in [-0.25, -0.2) is 9.97 Å². The molecule has 8 heteroatoms. The standard InChI is InChI=1S/C46H28N4O3.Pt/c1-3-15-31(16-4-1)49(43-23-11-13-25-47-43)33-27-37-35-19-7-9-21-39(35)52-45(37)41(29-33)51-42-30-34(28-38-36-20-8-10-22-40(36)53-46(38)42)50(32-17-5-2-6-18-32)44-24-12-14-26-48-44;/h1-28H;/q-2;+2. The van der Waals surface area contributed by atoms with E-state index in [1.54, 1.807) is 12.4 Å². The van der Waals surface area contributed by atoms with E-state index in [1.807, 2.05) is 133 Å². The first-order valence-electron chi connectivity index (χ1n) is 17.2. The van der Waals surface area contributed by atoms with Crippen molar-refractivity contribution in [3.63, 3.8) is 0 Å². The predicted molar refractivity (Wildman–Crippen MR) is 210 cm³/mol. The van der Waals surface area contributed by atoms with Crippen molar-refractivity contribution >= 4 is 78.3 Å². The number of anilines is 6. The number of para-hydroxylation sites is 4. The summed E-state index contributed by atoms with van der Waals surface area (Å²) in [4.78, 5) is 13.6. The molecule has 0 fully saturated rings. The fraction of sp³-hybridized carbons (Fsp3) is 0. The van der Waals surface area contributed by atoms with Crippen LogP contribution in [0.3, 0.4) is 0 Å². The van der Waals surface area contributed by atoms with Crippen molar-refractivity contribution in [2.45, 2.75) is 0 Å². The molecular weight excluding hydrogens is 852 g/mol. The predicted octanol–water partition coefficient (Wildman–Crippen LogP) is 12.6. The van der Waals surface area contributed by atoms with Gasteiger partial charge in [-0.05, 0) is 60.7 Å². The van der Waals surface area contributed by atoms with Gasteiger partial charge in [0.1, 0.15) is 22.8 Å². The number of hydrogen-bond donors (Lipinski definition) is 0. The third-order valence-electron chi connectivity index (χ3n) is 9.20. The molecular formula is C46H28N4O3Pt. The van der Waals surface area contributed by atoms with E-state index < -0.39 is 0 Å². The van der Waals surface area contributed by atoms with Crippen LogP contribution in [0, 0.1) is 12.1 Å². The van der Waals surface area contributed by atoms with Crippen molar-refractivity contribution in [1.29, 1.82) is 0 Å². The van der Waals surface area contributed by atoms with Crippen molar-refractivity contribution in [2.24, 2.45) is 0 Å². The number of ether oxygens (including phenoxy) is 1. The molecule has 10 rings (SSSR count). The third kappa shape index (κ3) is 5.85. The maximum atomic E-state index is 7.00. The van der Waals surface area contributed by atoms with Crippen LogP contribution in [0.1, 0.15) is 0 Å². The van der Waals surface area contributed by atoms with Gasteiger partial charge in [-0.2, -0.15) is 0 Å². The first kappa shape index (κ1) is 33.2. The molecule has 0 aliphatic rings. The van der Waals surface area contributed by atoms with Gasteiger partial charge in [-0.1, -0.05) is 107 Å². The number of pyridine rings is 2. The minimum absolute atomic E-state index is 0. The summed E-state index contributed by atoms with van der Waals surface area (Å²) in [6, 6.07) is 59.2. The molecule has 4 aromatic heterocycles. The van der Waals surface area contributed by atoms with Crippen LogP contribution < -0.4 is 14.5 Å². The minimum atomic E-state index is 0. The zero-order valence-corrected chi connectivity index (χ0v) is 30.8. The van der Waals surface area contributed by atoms with Gasteiger partial charge in [-0.15, -0.1) is 24.3 Å². The Hall–Kier alpha value is -6.69. The second-order valence-electron chi connectivity index (χ2n) is 12.5. The number of fused-ring (bicyclic) bond motifs is 6. The molecule has 0 aliphatic carbocycles. The van der Waals surface area contributed by atoms with Crippen LogP contribution in [0.15, 0.2) is 179 Å². The normalized spacial score (nSPS) is 11.2. The first-order chi connectivity index (χ1) is 26.3. The van der Waals surface area contributed by atoms with Crippen LogP contribution in [0.25, 0.3) is 43.9 Å². The number of hydrogen-bond acceptors (Lipinski definition) is 7. The third-order valence-corrected chi connectivity index (χ3v) is 9.20. The van der Waals surface area contributed by atoms with E-state index in [4.69, 9.17) is 23.5 Å². The van der Waals surface area contributed by atoms with Crippen molar-refractivity contribution < 1.29 is 34.6 Å². The summed E-state index contributed by atoms with van der Waals surface area (Å²) < 4.78 is 20.1. The smallest absolute Gasteiger partial charge is 0.512 e. The molecule has 0 N–H and O–H groups in total. The van der Waals surface area contributed by atoms with Crippen molar-refractivity contribution in [3.8, 4) is 11.5 Å². The van der Waals surface area contributed by atoms with E-state index in [2.05, 4.69) is 46.2 Å². The maximum Gasteiger partial charge on any atom is 2.00 e. The number of aromatic nitrogens is 2. The van der Waals surface area contributed by atoms with Crippen molar-refractivity contribution in [3.05, 3.63) is 182 Å². The van der Waals surface area contributed by atoms with Crippen LogP contribution in [0.5, 0.6) is 11.5 Å². The van der Waals surface area contributed by atoms with E-state index in [9.17, 15) is 0 Å². The molecule has 0 saturated carbocycles. The Balaban J connectivity index is 0.00000384. The molecule has 54 heavy (non-hydrogen) atoms. The van der Waals surface area contributed by atoms with Gasteiger partial charge in [0.15, 0.2) is 0 Å². The molecule has 0 unspecified atom stereocenters. The number of nitrogens with zero attached hydrogens (tertiary/aromatic N) is 4. The average molecular weight is 880 g/mol. The van der Waals surface area contributed by atoms with Crippen molar-refractivity contribution in [1.82, 2.24) is 9.97 Å². The Morgan fingerprint density at radius 2 is 0.852 bits per heavy atom. The number of rotatable bonds is 8. The molecule has 0 aliphatic heterocycles. The summed E-state index contributed by atoms with van der Waals surface area (Å²) in [5.74, 6) is 2.22. The number of benzene rings is 6. The quantitative estimate of drug-likeness (QED) is 0.141. The Morgan fingerprint density at radius 1 is 0.444 bits per heavy atom. The molecule has 0 spiro atoms. The first-order valence-corrected chi connectivity index (χ1v) is 17.2. The molecule has 4 heterocycles. The average Bonchev–Trinajstić information content (AvgIpc) is 3.79. The molecule has 7 nitrogen and oxygen atoms in total. The van der Waals surface area contributed by atoms with Crippen molar-refractivity contribution in [2.75, 3.05) is 9.80 Å². The fourth-order valence-corrected chi connectivity index (χ4v) is 6.85. The van der Waals surface area contributed by atoms with Gasteiger partial charge in [-0.3, -0.25) is 0 Å². The zero-order valence-electron chi connectivity index (χ0n) is 28.5. The van der Waals surface area contributed by atoms with E-state index in [1.165, 1.54) is 0 Å². The molecule has 0 radical (unpaired) electrons. The molecule has 6 aromatic carbocycles. The van der Waals surface area contributed by atoms with Gasteiger partial charge in [0.2, 0.25) is 0 Å². The fourth-order valence-electron chi connectivity index (χ4n) is 6.85. The molecule has 0 amide bonds. The molecule has 10 aromatic rings. The number of furan rings is 2. The van der Waals surface area contributed by atoms with Crippen LogP contribution in [-0.4, -0.2) is 9.97 Å². The maximum absolute atomic E-state index is 7.00. The summed E-state index contributed by atoms with van der Waals surface area (Å²) in [6.07, 6.45) is 3.57. The SMILES string of the molecule is [Pt+2].[c-]1c(N(c2ccccc2)c2ccccn2)cc2c(oc3ccccc32)c1Oc1[c-]c(N(c2ccccc2)c2ccccn2)cc2c1oc1ccccc12. The van der Waals surface area contributed by atoms with Crippen LogP contribution in [0.2, 0.25) is 0 Å². The summed E-state index contributed by atoms with van der Waals surface area (Å²) in [6.45, 7) is 0. The largest absolute Gasteiger partial charge is 2.00 e. The Bertz CT molecular complexity index is 2600. The summed E-state index contributed by atoms with van der Waals surface area (Å²) in [5, 5.41) is 3.65. The minimum Gasteiger partial charge on any atom is -0.512 e. The van der Waals surface area contributed by atoms with Gasteiger partial charge < -0.3 is 23.4 Å². The molecule has 0 saturated heterocycles. The van der Waals surface area contributed by atoms with Gasteiger partial charge in [0.25, 0.3) is 0 Å². The summed E-state index contributed by atoms with van der Waals surface area (Å²) in [5.41, 5.74) is 5.86. The second kappa shape index (κ2) is 14.0. The van der Waals surface area contributed by atoms with Gasteiger partial charge >= 0.3 is 21.1 Å². The molecule has 0 atom stereocenters. The van der Waals surface area contributed by atoms with Crippen LogP contribution in [-0.2, 0) is 21.1 Å². The molecule has 0 bridgehead atoms. The van der Waals surface area contributed by atoms with Crippen LogP contribution in [0.4, 0.5) is 34.4 Å². The van der Waals surface area contributed by atoms with E-state index in [-0.39, 0.29) is 21.1 Å². The van der Waals surface area contributed by atoms with E-state index >= 15 is 0 Å². The van der Waals surface area contributed by atoms with E-state index in [0.29, 0.717) is 22.7 Å². The second-order valence-corrected chi connectivity index (χ2v) is 12.5. The summed E-state index contributed by atoms with van der Waals surface area (Å²) >= 11 is 0. The van der Waals surface area contributed by atoms with E-state index in [0.717, 1.165) is 67.1 Å². The van der Waals surface area contributed by atoms with Gasteiger partial charge in [0, 0.05) is 34.5 Å². The zero-order chi connectivity index (χ0) is 35.1.